The second kappa shape index (κ2) is 28.6. The highest BCUT2D eigenvalue weighted by molar-refractivity contribution is 8.76. The average molecular weight is 881 g/mol. The highest BCUT2D eigenvalue weighted by atomic mass is 33.1. The quantitative estimate of drug-likeness (QED) is 0.0253. The number of nitrogens with one attached hydrogen (secondary N) is 8. The van der Waals surface area contributed by atoms with E-state index in [1.54, 1.807) is 23.9 Å². The van der Waals surface area contributed by atoms with Gasteiger partial charge in [0.15, 0.2) is 0 Å². The number of hydrogen-bond acceptors (Lipinski definition) is 15. The topological polar surface area (TPSA) is 309 Å². The van der Waals surface area contributed by atoms with Crippen LogP contribution in [0.2, 0.25) is 0 Å². The number of amides is 10. The molecule has 2 rings (SSSR count). The molecule has 22 nitrogen and oxygen atoms in total. The van der Waals surface area contributed by atoms with Crippen molar-refractivity contribution in [3.8, 4) is 0 Å². The van der Waals surface area contributed by atoms with E-state index in [0.29, 0.717) is 30.1 Å². The van der Waals surface area contributed by atoms with Crippen molar-refractivity contribution in [2.75, 3.05) is 45.0 Å². The van der Waals surface area contributed by atoms with Crippen LogP contribution in [0.5, 0.6) is 0 Å². The minimum absolute atomic E-state index is 0.0649. The number of imide groups is 1. The van der Waals surface area contributed by atoms with E-state index in [-0.39, 0.29) is 63.6 Å². The third kappa shape index (κ3) is 21.8. The molecule has 10 amide bonds. The molecule has 2 unspecified atom stereocenters. The van der Waals surface area contributed by atoms with E-state index in [9.17, 15) is 52.7 Å². The van der Waals surface area contributed by atoms with E-state index in [2.05, 4.69) is 47.5 Å². The number of hydroxylamine groups is 2. The lowest BCUT2D eigenvalue weighted by atomic mass is 10.1. The third-order valence-electron chi connectivity index (χ3n) is 7.99. The molecule has 2 heterocycles. The molecule has 1 aliphatic heterocycles. The maximum Gasteiger partial charge on any atom is 0.334 e. The summed E-state index contributed by atoms with van der Waals surface area (Å²) in [5, 5.41) is 20.8. The molecule has 0 bridgehead atoms. The van der Waals surface area contributed by atoms with Crippen molar-refractivity contribution in [2.24, 2.45) is 0 Å². The van der Waals surface area contributed by atoms with Crippen molar-refractivity contribution < 1.29 is 57.6 Å². The van der Waals surface area contributed by atoms with Gasteiger partial charge in [-0.05, 0) is 55.5 Å². The van der Waals surface area contributed by atoms with Gasteiger partial charge in [-0.1, -0.05) is 23.8 Å². The van der Waals surface area contributed by atoms with Crippen LogP contribution in [0.15, 0.2) is 29.4 Å². The standard InChI is InChI=1S/C36H52N10O12S2/c1-3-25(47)40-20-28(50)42-22-30(52)45-24(36(57)39-17-14-34(55)58-46-32(53)12-13-33(46)54)9-4-6-15-37-27(49)19-41-29(51)21-43-35(56)23(2)44-26(48)10-8-18-59-60-31-11-5-7-16-38-31/h5,7,11,16,23-24H,3-4,6,8-10,12-15,17-22H2,1-2H3,(H,37,49)(H,39,57)(H,40,47)(H,41,51)(H,42,50)(H,43,56)(H,44,48)(H,45,52). The largest absolute Gasteiger partial charge is 0.355 e. The van der Waals surface area contributed by atoms with Gasteiger partial charge >= 0.3 is 5.97 Å². The first-order valence-electron chi connectivity index (χ1n) is 19.2. The van der Waals surface area contributed by atoms with Crippen molar-refractivity contribution in [3.05, 3.63) is 24.4 Å². The zero-order valence-electron chi connectivity index (χ0n) is 33.4. The lowest BCUT2D eigenvalue weighted by molar-refractivity contribution is -0.197. The maximum atomic E-state index is 13.0. The summed E-state index contributed by atoms with van der Waals surface area (Å²) in [5.41, 5.74) is 0. The van der Waals surface area contributed by atoms with E-state index in [1.165, 1.54) is 17.7 Å². The van der Waals surface area contributed by atoms with E-state index < -0.39 is 91.4 Å². The normalized spacial score (nSPS) is 12.9. The summed E-state index contributed by atoms with van der Waals surface area (Å²) in [6, 6.07) is 3.57. The van der Waals surface area contributed by atoms with Gasteiger partial charge < -0.3 is 47.4 Å². The highest BCUT2D eigenvalue weighted by Crippen LogP contribution is 2.29. The molecule has 0 saturated carbocycles. The van der Waals surface area contributed by atoms with Crippen LogP contribution in [-0.4, -0.2) is 132 Å². The Balaban J connectivity index is 1.68. The van der Waals surface area contributed by atoms with Gasteiger partial charge in [-0.2, -0.15) is 0 Å². The van der Waals surface area contributed by atoms with Crippen molar-refractivity contribution >= 4 is 86.6 Å². The summed E-state index contributed by atoms with van der Waals surface area (Å²) in [5.74, 6) is -6.05. The summed E-state index contributed by atoms with van der Waals surface area (Å²) in [6.07, 6.45) is 2.80. The Morgan fingerprint density at radius 1 is 0.700 bits per heavy atom. The molecule has 2 atom stereocenters. The Labute approximate surface area is 354 Å². The fourth-order valence-corrected chi connectivity index (χ4v) is 6.74. The number of unbranched alkanes of at least 4 members (excludes halogenated alkanes) is 1. The van der Waals surface area contributed by atoms with Gasteiger partial charge in [-0.25, -0.2) is 9.78 Å². The molecule has 0 aliphatic carbocycles. The van der Waals surface area contributed by atoms with Crippen molar-refractivity contribution in [2.45, 2.75) is 88.7 Å². The van der Waals surface area contributed by atoms with Crippen LogP contribution < -0.4 is 42.5 Å². The molecule has 1 fully saturated rings. The first-order valence-corrected chi connectivity index (χ1v) is 21.5. The molecular formula is C36H52N10O12S2. The van der Waals surface area contributed by atoms with Crippen molar-refractivity contribution in [1.29, 1.82) is 0 Å². The van der Waals surface area contributed by atoms with Crippen LogP contribution in [0.4, 0.5) is 0 Å². The molecular weight excluding hydrogens is 829 g/mol. The summed E-state index contributed by atoms with van der Waals surface area (Å²) >= 11 is 0. The molecule has 24 heteroatoms. The molecule has 0 spiro atoms. The summed E-state index contributed by atoms with van der Waals surface area (Å²) in [7, 11) is 3.07. The molecule has 1 aromatic rings. The van der Waals surface area contributed by atoms with Crippen LogP contribution in [0.3, 0.4) is 0 Å². The number of rotatable bonds is 28. The predicted octanol–water partition coefficient (Wildman–Crippen LogP) is -2.13. The Bertz CT molecular complexity index is 1670. The predicted molar refractivity (Wildman–Crippen MR) is 215 cm³/mol. The number of hydrogen-bond donors (Lipinski definition) is 8. The highest BCUT2D eigenvalue weighted by Gasteiger charge is 2.33. The van der Waals surface area contributed by atoms with E-state index in [4.69, 9.17) is 4.84 Å². The number of aromatic nitrogens is 1. The van der Waals surface area contributed by atoms with Crippen molar-refractivity contribution in [3.63, 3.8) is 0 Å². The number of pyridine rings is 1. The molecule has 1 aromatic heterocycles. The zero-order valence-corrected chi connectivity index (χ0v) is 35.0. The Morgan fingerprint density at radius 3 is 1.98 bits per heavy atom. The first kappa shape index (κ1) is 50.4. The number of nitrogens with zero attached hydrogens (tertiary/aromatic N) is 2. The van der Waals surface area contributed by atoms with Gasteiger partial charge in [-0.3, -0.25) is 47.9 Å². The lowest BCUT2D eigenvalue weighted by Gasteiger charge is -2.19. The third-order valence-corrected chi connectivity index (χ3v) is 10.3. The average Bonchev–Trinajstić information content (AvgIpc) is 3.54. The van der Waals surface area contributed by atoms with Crippen LogP contribution in [-0.2, 0) is 57.6 Å². The van der Waals surface area contributed by atoms with E-state index in [0.717, 1.165) is 5.03 Å². The maximum absolute atomic E-state index is 13.0. The lowest BCUT2D eigenvalue weighted by Crippen LogP contribution is -2.50. The zero-order chi connectivity index (χ0) is 44.3. The van der Waals surface area contributed by atoms with Crippen LogP contribution >= 0.6 is 21.6 Å². The van der Waals surface area contributed by atoms with Crippen LogP contribution in [0.1, 0.15) is 71.6 Å². The van der Waals surface area contributed by atoms with Gasteiger partial charge in [0.25, 0.3) is 11.8 Å². The smallest absolute Gasteiger partial charge is 0.334 e. The second-order valence-corrected chi connectivity index (χ2v) is 15.4. The van der Waals surface area contributed by atoms with E-state index in [1.807, 2.05) is 18.2 Å². The Kier molecular flexibility index (Phi) is 24.0. The summed E-state index contributed by atoms with van der Waals surface area (Å²) < 4.78 is 0. The first-order chi connectivity index (χ1) is 28.7. The van der Waals surface area contributed by atoms with Gasteiger partial charge in [0.2, 0.25) is 47.3 Å². The molecule has 0 radical (unpaired) electrons. The molecule has 60 heavy (non-hydrogen) atoms. The molecule has 8 N–H and O–H groups in total. The summed E-state index contributed by atoms with van der Waals surface area (Å²) in [6.45, 7) is 1.27. The molecule has 1 saturated heterocycles. The minimum Gasteiger partial charge on any atom is -0.355 e. The number of carbonyl (C=O) groups excluding carboxylic acids is 11. The monoisotopic (exact) mass is 880 g/mol. The van der Waals surface area contributed by atoms with Crippen molar-refractivity contribution in [1.82, 2.24) is 52.6 Å². The number of carbonyl (C=O) groups is 11. The van der Waals surface area contributed by atoms with Gasteiger partial charge in [-0.15, -0.1) is 5.06 Å². The summed E-state index contributed by atoms with van der Waals surface area (Å²) in [4.78, 5) is 142. The van der Waals surface area contributed by atoms with Crippen LogP contribution in [0, 0.1) is 0 Å². The fourth-order valence-electron chi connectivity index (χ4n) is 4.77. The molecule has 0 aromatic carbocycles. The van der Waals surface area contributed by atoms with E-state index >= 15 is 0 Å². The molecule has 330 valence electrons. The minimum atomic E-state index is -1.14. The second-order valence-electron chi connectivity index (χ2n) is 12.9. The van der Waals surface area contributed by atoms with Gasteiger partial charge in [0.1, 0.15) is 17.1 Å². The van der Waals surface area contributed by atoms with Gasteiger partial charge in [0.05, 0.1) is 32.6 Å². The molecule has 1 aliphatic rings. The fraction of sp³-hybridized carbons (Fsp3) is 0.556. The Morgan fingerprint density at radius 2 is 1.33 bits per heavy atom. The Hall–Kier alpha value is -5.78. The SMILES string of the molecule is CCC(=O)NCC(=O)NCC(=O)NC(CCCCNC(=O)CNC(=O)CNC(=O)C(C)NC(=O)CCCSSc1ccccn1)C(=O)NCCC(=O)ON1C(=O)CCC1=O. The van der Waals surface area contributed by atoms with Crippen LogP contribution in [0.25, 0.3) is 0 Å². The van der Waals surface area contributed by atoms with Gasteiger partial charge in [0, 0.05) is 50.7 Å².